The number of likely N-dealkylation sites (tertiary alicyclic amines) is 1. The maximum Gasteiger partial charge on any atom is 0.399 e. The van der Waals surface area contributed by atoms with E-state index in [1.807, 2.05) is 19.9 Å². The minimum atomic E-state index is -5.88. The first-order valence-electron chi connectivity index (χ1n) is 27.9. The van der Waals surface area contributed by atoms with E-state index in [9.17, 15) is 66.3 Å². The van der Waals surface area contributed by atoms with Gasteiger partial charge < -0.3 is 36.0 Å². The number of alkyl halides is 2. The largest absolute Gasteiger partial charge is 0.399 e. The molecular weight excluding hydrogens is 1120 g/mol. The van der Waals surface area contributed by atoms with Crippen LogP contribution < -0.4 is 26.6 Å². The number of nitrogens with one attached hydrogen (secondary N) is 3. The van der Waals surface area contributed by atoms with Crippen molar-refractivity contribution in [3.05, 3.63) is 135 Å². The molecule has 4 aliphatic heterocycles. The van der Waals surface area contributed by atoms with Crippen LogP contribution in [-0.4, -0.2) is 110 Å². The first-order valence-corrected chi connectivity index (χ1v) is 30.3. The van der Waals surface area contributed by atoms with Crippen LogP contribution in [0.3, 0.4) is 0 Å². The number of para-hydroxylation sites is 1. The average Bonchev–Trinajstić information content (AvgIpc) is 2.72. The smallest absolute Gasteiger partial charge is 0.370 e. The number of fused-ring (bicyclic) bond motifs is 3. The Morgan fingerprint density at radius 1 is 0.881 bits per heavy atom. The van der Waals surface area contributed by atoms with E-state index in [1.165, 1.54) is 21.9 Å². The minimum absolute atomic E-state index is 0.0162. The third-order valence-corrected chi connectivity index (χ3v) is 18.1. The number of hydrogen-bond acceptors (Lipinski definition) is 11. The summed E-state index contributed by atoms with van der Waals surface area (Å²) in [5, 5.41) is 8.02. The normalized spacial score (nSPS) is 18.3. The van der Waals surface area contributed by atoms with Gasteiger partial charge in [0, 0.05) is 78.8 Å². The van der Waals surface area contributed by atoms with Gasteiger partial charge in [0.05, 0.1) is 16.8 Å². The summed E-state index contributed by atoms with van der Waals surface area (Å²) in [4.78, 5) is 146. The first kappa shape index (κ1) is 60.6. The second-order valence-electron chi connectivity index (χ2n) is 22.2. The molecule has 0 saturated carbocycles. The highest BCUT2D eigenvalue weighted by Gasteiger charge is 2.51. The predicted octanol–water partition coefficient (Wildman–Crippen LogP) is 6.56. The molecule has 440 valence electrons. The number of carbonyl (C=O) groups is 9. The summed E-state index contributed by atoms with van der Waals surface area (Å²) in [6, 6.07) is 20.7. The molecule has 7 N–H and O–H groups in total. The van der Waals surface area contributed by atoms with Crippen LogP contribution in [0, 0.1) is 23.7 Å². The van der Waals surface area contributed by atoms with Crippen LogP contribution >= 0.6 is 18.9 Å². The molecule has 23 heteroatoms. The number of benzene rings is 4. The summed E-state index contributed by atoms with van der Waals surface area (Å²) >= 11 is 0.914. The average molecular weight is 1190 g/mol. The number of imide groups is 1. The number of nitrogens with two attached hydrogens (primary N) is 1. The van der Waals surface area contributed by atoms with Gasteiger partial charge in [-0.25, -0.2) is 0 Å². The summed E-state index contributed by atoms with van der Waals surface area (Å²) in [7, 11) is -5.88. The van der Waals surface area contributed by atoms with Crippen LogP contribution in [0.4, 0.5) is 14.5 Å². The van der Waals surface area contributed by atoms with Crippen molar-refractivity contribution < 1.29 is 66.3 Å². The summed E-state index contributed by atoms with van der Waals surface area (Å²) in [6.07, 6.45) is 2.34. The van der Waals surface area contributed by atoms with E-state index in [4.69, 9.17) is 5.73 Å². The van der Waals surface area contributed by atoms with Gasteiger partial charge in [0.25, 0.3) is 11.8 Å². The second-order valence-corrected chi connectivity index (χ2v) is 24.9. The van der Waals surface area contributed by atoms with Crippen molar-refractivity contribution in [2.45, 2.75) is 127 Å². The Hall–Kier alpha value is -7.96. The Kier molecular flexibility index (Phi) is 18.4. The first-order chi connectivity index (χ1) is 40.0. The van der Waals surface area contributed by atoms with Crippen LogP contribution in [0.15, 0.2) is 97.1 Å². The molecule has 5 heterocycles. The van der Waals surface area contributed by atoms with Gasteiger partial charge >= 0.3 is 13.3 Å². The summed E-state index contributed by atoms with van der Waals surface area (Å²) < 4.78 is 41.2. The fourth-order valence-electron chi connectivity index (χ4n) is 11.5. The van der Waals surface area contributed by atoms with E-state index in [2.05, 4.69) is 27.8 Å². The van der Waals surface area contributed by atoms with Gasteiger partial charge in [-0.15, -0.1) is 11.3 Å². The van der Waals surface area contributed by atoms with Gasteiger partial charge in [-0.1, -0.05) is 86.4 Å². The van der Waals surface area contributed by atoms with Crippen molar-refractivity contribution in [1.29, 1.82) is 0 Å². The van der Waals surface area contributed by atoms with E-state index < -0.39 is 84.2 Å². The van der Waals surface area contributed by atoms with Crippen LogP contribution in [0.25, 0.3) is 10.1 Å². The minimum Gasteiger partial charge on any atom is -0.370 e. The summed E-state index contributed by atoms with van der Waals surface area (Å²) in [6.45, 7) is 4.70. The van der Waals surface area contributed by atoms with Crippen LogP contribution in [0.5, 0.6) is 0 Å². The lowest BCUT2D eigenvalue weighted by Gasteiger charge is -2.34. The fraction of sp³-hybridized carbons (Fsp3) is 0.393. The number of halogens is 2. The molecule has 5 atom stereocenters. The Bertz CT molecular complexity index is 3550. The molecule has 2 fully saturated rings. The number of ketones is 1. The highest BCUT2D eigenvalue weighted by atomic mass is 32.1. The number of carbonyl (C=O) groups excluding carboxylic acids is 9. The molecule has 84 heavy (non-hydrogen) atoms. The number of amides is 8. The predicted molar refractivity (Wildman–Crippen MR) is 307 cm³/mol. The molecule has 0 spiro atoms. The van der Waals surface area contributed by atoms with Gasteiger partial charge in [0.2, 0.25) is 35.4 Å². The SMILES string of the molecule is CC(C)C[C@H](NC(=O)c1cc2cc(C(F)(F)P(=O)(O)O)ccc2s1)C(=O)N1c2ccccc2C[C@H]1C(=O)N[C@@H](CCC(N)=O)C(=O)C[C@H](C(=O)N1CCC(CCC#Cc2cccc3c2CN(C2CCC(=O)NC2=O)C3=O)CC1)c1ccccc1. The highest BCUT2D eigenvalue weighted by molar-refractivity contribution is 7.52. The molecule has 0 aliphatic carbocycles. The Balaban J connectivity index is 0.859. The summed E-state index contributed by atoms with van der Waals surface area (Å²) in [5.74, 6) is 0.766. The van der Waals surface area contributed by atoms with Gasteiger partial charge in [-0.05, 0) is 109 Å². The number of anilines is 1. The zero-order valence-corrected chi connectivity index (χ0v) is 47.9. The van der Waals surface area contributed by atoms with Crippen molar-refractivity contribution in [2.24, 2.45) is 17.6 Å². The second kappa shape index (κ2) is 25.5. The zero-order valence-electron chi connectivity index (χ0n) is 46.2. The van der Waals surface area contributed by atoms with E-state index in [0.29, 0.717) is 65.0 Å². The quantitative estimate of drug-likeness (QED) is 0.0275. The molecule has 8 amide bonds. The highest BCUT2D eigenvalue weighted by Crippen LogP contribution is 2.59. The van der Waals surface area contributed by atoms with E-state index in [-0.39, 0.29) is 91.3 Å². The summed E-state index contributed by atoms with van der Waals surface area (Å²) in [5.41, 5.74) is 3.67. The van der Waals surface area contributed by atoms with E-state index >= 15 is 0 Å². The number of thiophene rings is 1. The zero-order chi connectivity index (χ0) is 60.2. The number of hydrogen-bond donors (Lipinski definition) is 6. The number of Topliss-reactive ketones (excluding diaryl/α,β-unsaturated/α-hetero) is 1. The van der Waals surface area contributed by atoms with E-state index in [1.54, 1.807) is 71.6 Å². The Morgan fingerprint density at radius 2 is 1.61 bits per heavy atom. The number of nitrogens with zero attached hydrogens (tertiary/aromatic N) is 3. The van der Waals surface area contributed by atoms with Crippen molar-refractivity contribution in [3.63, 3.8) is 0 Å². The lowest BCUT2D eigenvalue weighted by atomic mass is 9.87. The van der Waals surface area contributed by atoms with Crippen LogP contribution in [-0.2, 0) is 56.8 Å². The van der Waals surface area contributed by atoms with Crippen molar-refractivity contribution in [3.8, 4) is 11.8 Å². The molecular formula is C61H64F2N7O12PS. The molecule has 0 bridgehead atoms. The standard InChI is InChI=1S/C61H64F2N7O12PS/c1-35(2)29-46(66-57(76)52-32-40-30-41(19-22-51(40)84-52)61(62,63)83(80,81)82)60(79)70-47-18-9-8-15-39(47)31-49(70)56(75)65-45(20-23-53(64)72)50(71)33-43(37-12-4-3-5-13-37)58(77)68-27-25-36(26-28-68)11-6-7-14-38-16-10-17-42-44(38)34-69(59(42)78)48-21-24-54(73)67-55(48)74/h3-5,8-10,12-13,15-19,22,30,32,35-36,43,45-46,48-49H,6,11,20-21,23-29,31,33-34H2,1-2H3,(H2,64,72)(H,65,75)(H,66,76)(H,67,73,74)(H2,80,81,82)/t43-,45-,46-,48?,49-/m0/s1. The van der Waals surface area contributed by atoms with Gasteiger partial charge in [0.15, 0.2) is 5.78 Å². The third kappa shape index (κ3) is 13.3. The molecule has 19 nitrogen and oxygen atoms in total. The third-order valence-electron chi connectivity index (χ3n) is 16.0. The number of primary amides is 1. The van der Waals surface area contributed by atoms with Gasteiger partial charge in [0.1, 0.15) is 18.1 Å². The molecule has 1 unspecified atom stereocenters. The van der Waals surface area contributed by atoms with E-state index in [0.717, 1.165) is 35.5 Å². The Morgan fingerprint density at radius 3 is 2.31 bits per heavy atom. The van der Waals surface area contributed by atoms with Crippen molar-refractivity contribution >= 4 is 87.7 Å². The van der Waals surface area contributed by atoms with Gasteiger partial charge in [-0.2, -0.15) is 8.78 Å². The topological polar surface area (TPSA) is 283 Å². The molecule has 5 aromatic rings. The monoisotopic (exact) mass is 1190 g/mol. The number of rotatable bonds is 20. The molecule has 9 rings (SSSR count). The molecule has 0 radical (unpaired) electrons. The maximum atomic E-state index is 14.9. The van der Waals surface area contributed by atoms with Crippen molar-refractivity contribution in [1.82, 2.24) is 25.8 Å². The van der Waals surface area contributed by atoms with Gasteiger partial charge in [-0.3, -0.25) is 57.9 Å². The fourth-order valence-corrected chi connectivity index (χ4v) is 12.9. The molecule has 2 saturated heterocycles. The molecule has 4 aliphatic rings. The maximum absolute atomic E-state index is 14.9. The number of piperidine rings is 2. The lowest BCUT2D eigenvalue weighted by Crippen LogP contribution is -2.57. The molecule has 4 aromatic carbocycles. The van der Waals surface area contributed by atoms with Crippen LogP contribution in [0.2, 0.25) is 0 Å². The van der Waals surface area contributed by atoms with Crippen molar-refractivity contribution in [2.75, 3.05) is 18.0 Å². The molecule has 1 aromatic heterocycles. The lowest BCUT2D eigenvalue weighted by molar-refractivity contribution is -0.137. The van der Waals surface area contributed by atoms with Crippen LogP contribution in [0.1, 0.15) is 132 Å². The Labute approximate surface area is 487 Å².